The lowest BCUT2D eigenvalue weighted by atomic mass is 10.1. The fourth-order valence-electron chi connectivity index (χ4n) is 4.39. The molecule has 3 rings (SSSR count). The fraction of sp³-hybridized carbons (Fsp3) is 0.583. The molecule has 0 aliphatic heterocycles. The summed E-state index contributed by atoms with van der Waals surface area (Å²) >= 11 is 5.80. The Morgan fingerprint density at radius 1 is 1.20 bits per heavy atom. The Balaban J connectivity index is 1.71. The molecule has 0 bridgehead atoms. The number of hydrogen-bond acceptors (Lipinski definition) is 3. The van der Waals surface area contributed by atoms with E-state index in [2.05, 4.69) is 46.9 Å². The number of benzene rings is 1. The Labute approximate surface area is 185 Å². The number of hydrogen-bond donors (Lipinski definition) is 2. The van der Waals surface area contributed by atoms with Crippen LogP contribution < -0.4 is 10.9 Å². The monoisotopic (exact) mass is 428 g/mol. The first kappa shape index (κ1) is 22.8. The lowest BCUT2D eigenvalue weighted by Gasteiger charge is -2.32. The van der Waals surface area contributed by atoms with E-state index in [1.807, 2.05) is 18.2 Å². The third kappa shape index (κ3) is 5.82. The molecule has 1 heterocycles. The van der Waals surface area contributed by atoms with Gasteiger partial charge in [0.15, 0.2) is 5.11 Å². The number of aromatic nitrogens is 1. The summed E-state index contributed by atoms with van der Waals surface area (Å²) in [5.74, 6) is 0. The second kappa shape index (κ2) is 10.9. The van der Waals surface area contributed by atoms with Crippen molar-refractivity contribution in [2.75, 3.05) is 26.2 Å². The molecule has 1 aliphatic carbocycles. The number of H-pyrrole nitrogens is 1. The van der Waals surface area contributed by atoms with E-state index in [0.29, 0.717) is 12.6 Å². The summed E-state index contributed by atoms with van der Waals surface area (Å²) in [6, 6.07) is 8.58. The normalized spacial score (nSPS) is 14.5. The van der Waals surface area contributed by atoms with Gasteiger partial charge in [0.1, 0.15) is 0 Å². The van der Waals surface area contributed by atoms with Crippen LogP contribution in [0.25, 0.3) is 10.9 Å². The highest BCUT2D eigenvalue weighted by Crippen LogP contribution is 2.25. The minimum atomic E-state index is -0.0151. The topological polar surface area (TPSA) is 51.4 Å². The summed E-state index contributed by atoms with van der Waals surface area (Å²) in [5.41, 5.74) is 2.85. The largest absolute Gasteiger partial charge is 0.363 e. The molecule has 0 atom stereocenters. The molecular formula is C24H36N4OS. The average molecular weight is 429 g/mol. The molecule has 0 unspecified atom stereocenters. The molecule has 0 saturated heterocycles. The van der Waals surface area contributed by atoms with Gasteiger partial charge in [-0.25, -0.2) is 0 Å². The van der Waals surface area contributed by atoms with E-state index in [0.717, 1.165) is 67.0 Å². The number of aryl methyl sites for hydroxylation is 1. The summed E-state index contributed by atoms with van der Waals surface area (Å²) in [4.78, 5) is 20.5. The Kier molecular flexibility index (Phi) is 8.28. The standard InChI is InChI=1S/C24H36N4OS/c1-4-27(5-2)14-8-13-25-24(30)28(21-9-6-7-10-21)17-20-16-19-15-18(3)11-12-22(19)26-23(20)29/h11-12,15-16,21H,4-10,13-14,17H2,1-3H3,(H,25,30)(H,26,29). The summed E-state index contributed by atoms with van der Waals surface area (Å²) in [6.45, 7) is 11.1. The Hall–Kier alpha value is -1.92. The molecule has 0 radical (unpaired) electrons. The summed E-state index contributed by atoms with van der Waals surface area (Å²) in [5, 5.41) is 5.33. The fourth-order valence-corrected chi connectivity index (χ4v) is 4.71. The molecule has 1 aromatic heterocycles. The van der Waals surface area contributed by atoms with Gasteiger partial charge in [0.25, 0.3) is 5.56 Å². The number of pyridine rings is 1. The van der Waals surface area contributed by atoms with Gasteiger partial charge >= 0.3 is 0 Å². The van der Waals surface area contributed by atoms with Crippen molar-refractivity contribution >= 4 is 28.2 Å². The van der Waals surface area contributed by atoms with Gasteiger partial charge in [0.05, 0.1) is 6.54 Å². The molecule has 164 valence electrons. The van der Waals surface area contributed by atoms with Crippen LogP contribution in [0.4, 0.5) is 0 Å². The van der Waals surface area contributed by atoms with Gasteiger partial charge in [-0.15, -0.1) is 0 Å². The smallest absolute Gasteiger partial charge is 0.253 e. The van der Waals surface area contributed by atoms with E-state index >= 15 is 0 Å². The maximum atomic E-state index is 12.7. The Morgan fingerprint density at radius 2 is 1.93 bits per heavy atom. The lowest BCUT2D eigenvalue weighted by molar-refractivity contribution is 0.291. The summed E-state index contributed by atoms with van der Waals surface area (Å²) in [7, 11) is 0. The van der Waals surface area contributed by atoms with Crippen LogP contribution in [-0.2, 0) is 6.54 Å². The minimum Gasteiger partial charge on any atom is -0.363 e. The number of fused-ring (bicyclic) bond motifs is 1. The Morgan fingerprint density at radius 3 is 2.63 bits per heavy atom. The molecule has 2 aromatic rings. The van der Waals surface area contributed by atoms with Crippen LogP contribution in [0.2, 0.25) is 0 Å². The van der Waals surface area contributed by atoms with Crippen molar-refractivity contribution in [3.63, 3.8) is 0 Å². The summed E-state index contributed by atoms with van der Waals surface area (Å²) < 4.78 is 0. The molecule has 0 spiro atoms. The van der Waals surface area contributed by atoms with Gasteiger partial charge in [0.2, 0.25) is 0 Å². The van der Waals surface area contributed by atoms with E-state index < -0.39 is 0 Å². The highest BCUT2D eigenvalue weighted by molar-refractivity contribution is 7.80. The van der Waals surface area contributed by atoms with Gasteiger partial charge < -0.3 is 20.1 Å². The first-order chi connectivity index (χ1) is 14.5. The van der Waals surface area contributed by atoms with Gasteiger partial charge in [0, 0.05) is 23.7 Å². The third-order valence-electron chi connectivity index (χ3n) is 6.27. The van der Waals surface area contributed by atoms with E-state index in [4.69, 9.17) is 12.2 Å². The molecule has 1 saturated carbocycles. The number of thiocarbonyl (C=S) groups is 1. The number of aromatic amines is 1. The lowest BCUT2D eigenvalue weighted by Crippen LogP contribution is -2.46. The van der Waals surface area contributed by atoms with Crippen LogP contribution in [0.5, 0.6) is 0 Å². The number of nitrogens with one attached hydrogen (secondary N) is 2. The number of nitrogens with zero attached hydrogens (tertiary/aromatic N) is 2. The van der Waals surface area contributed by atoms with Crippen molar-refractivity contribution < 1.29 is 0 Å². The third-order valence-corrected chi connectivity index (χ3v) is 6.64. The first-order valence-electron chi connectivity index (χ1n) is 11.4. The van der Waals surface area contributed by atoms with Crippen molar-refractivity contribution in [1.82, 2.24) is 20.1 Å². The Bertz CT molecular complexity index is 900. The second-order valence-corrected chi connectivity index (χ2v) is 8.78. The van der Waals surface area contributed by atoms with Crippen molar-refractivity contribution in [1.29, 1.82) is 0 Å². The molecule has 1 fully saturated rings. The van der Waals surface area contributed by atoms with Crippen LogP contribution in [0.1, 0.15) is 57.1 Å². The van der Waals surface area contributed by atoms with Crippen molar-refractivity contribution in [2.24, 2.45) is 0 Å². The highest BCUT2D eigenvalue weighted by Gasteiger charge is 2.25. The molecular weight excluding hydrogens is 392 g/mol. The zero-order valence-electron chi connectivity index (χ0n) is 18.7. The maximum Gasteiger partial charge on any atom is 0.253 e. The van der Waals surface area contributed by atoms with Gasteiger partial charge in [-0.3, -0.25) is 4.79 Å². The summed E-state index contributed by atoms with van der Waals surface area (Å²) in [6.07, 6.45) is 5.83. The first-order valence-corrected chi connectivity index (χ1v) is 11.8. The van der Waals surface area contributed by atoms with Gasteiger partial charge in [-0.1, -0.05) is 38.3 Å². The quantitative estimate of drug-likeness (QED) is 0.463. The molecule has 0 amide bonds. The van der Waals surface area contributed by atoms with E-state index in [1.165, 1.54) is 18.4 Å². The zero-order valence-corrected chi connectivity index (χ0v) is 19.5. The molecule has 30 heavy (non-hydrogen) atoms. The van der Waals surface area contributed by atoms with Crippen LogP contribution in [0.15, 0.2) is 29.1 Å². The second-order valence-electron chi connectivity index (χ2n) is 8.39. The number of rotatable bonds is 9. The van der Waals surface area contributed by atoms with Crippen LogP contribution >= 0.6 is 12.2 Å². The molecule has 2 N–H and O–H groups in total. The van der Waals surface area contributed by atoms with E-state index in [9.17, 15) is 4.79 Å². The van der Waals surface area contributed by atoms with Crippen molar-refractivity contribution in [3.8, 4) is 0 Å². The SMILES string of the molecule is CCN(CC)CCCNC(=S)N(Cc1cc2cc(C)ccc2[nH]c1=O)C1CCCC1. The highest BCUT2D eigenvalue weighted by atomic mass is 32.1. The van der Waals surface area contributed by atoms with Crippen molar-refractivity contribution in [2.45, 2.75) is 65.5 Å². The molecule has 1 aromatic carbocycles. The average Bonchev–Trinajstić information content (AvgIpc) is 3.27. The van der Waals surface area contributed by atoms with Crippen LogP contribution in [-0.4, -0.2) is 52.1 Å². The minimum absolute atomic E-state index is 0.0151. The van der Waals surface area contributed by atoms with Crippen molar-refractivity contribution in [3.05, 3.63) is 45.7 Å². The van der Waals surface area contributed by atoms with Crippen LogP contribution in [0.3, 0.4) is 0 Å². The van der Waals surface area contributed by atoms with Gasteiger partial charge in [-0.05, 0) is 81.6 Å². The van der Waals surface area contributed by atoms with E-state index in [1.54, 1.807) is 0 Å². The van der Waals surface area contributed by atoms with Crippen LogP contribution in [0, 0.1) is 6.92 Å². The predicted octanol–water partition coefficient (Wildman–Crippen LogP) is 4.19. The van der Waals surface area contributed by atoms with Gasteiger partial charge in [-0.2, -0.15) is 0 Å². The van der Waals surface area contributed by atoms with E-state index in [-0.39, 0.29) is 5.56 Å². The maximum absolute atomic E-state index is 12.7. The predicted molar refractivity (Wildman–Crippen MR) is 130 cm³/mol. The molecule has 6 heteroatoms. The molecule has 1 aliphatic rings. The molecule has 5 nitrogen and oxygen atoms in total. The zero-order chi connectivity index (χ0) is 21.5.